The largest absolute Gasteiger partial charge is 0.458 e. The highest BCUT2D eigenvalue weighted by Crippen LogP contribution is 2.47. The molecular formula is C90H53B3O6. The number of rotatable bonds is 2. The minimum atomic E-state index is -0.0344. The third-order valence-corrected chi connectivity index (χ3v) is 20.9. The van der Waals surface area contributed by atoms with Gasteiger partial charge >= 0.3 is 0 Å². The molecule has 6 aliphatic rings. The SMILES string of the molecule is c1cc2c3c(c1)Oc1c(ccc4ccccc14)B3c1ccc3ccccc3c1O2.c1cc2c3c(c1)Oc1cc4ccccc4cc1B3c1cc3ccccc3cc1O2.c1ccc(-c2c3c(cc4ccccc24)B2c4cc5ccccc5c(-c5ccccc5)c4Oc4cccc(c42)O3)cc1. The topological polar surface area (TPSA) is 55.4 Å². The summed E-state index contributed by atoms with van der Waals surface area (Å²) < 4.78 is 39.3. The Balaban J connectivity index is 0.0000000998. The van der Waals surface area contributed by atoms with Crippen LogP contribution in [-0.4, -0.2) is 20.1 Å². The van der Waals surface area contributed by atoms with E-state index < -0.39 is 0 Å². The van der Waals surface area contributed by atoms with Gasteiger partial charge in [0.15, 0.2) is 0 Å². The lowest BCUT2D eigenvalue weighted by Crippen LogP contribution is -2.57. The van der Waals surface area contributed by atoms with E-state index in [4.69, 9.17) is 28.4 Å². The predicted molar refractivity (Wildman–Crippen MR) is 408 cm³/mol. The Bertz CT molecular complexity index is 5910. The summed E-state index contributed by atoms with van der Waals surface area (Å²) in [5.41, 5.74) is 15.0. The molecule has 0 saturated carbocycles. The van der Waals surface area contributed by atoms with Crippen molar-refractivity contribution in [2.45, 2.75) is 0 Å². The van der Waals surface area contributed by atoms with Gasteiger partial charge in [0.2, 0.25) is 0 Å². The van der Waals surface area contributed by atoms with Crippen LogP contribution in [-0.2, 0) is 0 Å². The molecule has 6 heterocycles. The molecule has 0 aromatic heterocycles. The van der Waals surface area contributed by atoms with Crippen molar-refractivity contribution in [2.24, 2.45) is 0 Å². The molecule has 0 fully saturated rings. The quantitative estimate of drug-likeness (QED) is 0.161. The zero-order chi connectivity index (χ0) is 64.8. The molecule has 0 amide bonds. The lowest BCUT2D eigenvalue weighted by molar-refractivity contribution is 0.465. The van der Waals surface area contributed by atoms with E-state index in [1.807, 2.05) is 42.5 Å². The van der Waals surface area contributed by atoms with Crippen molar-refractivity contribution in [2.75, 3.05) is 0 Å². The average molecular weight is 1260 g/mol. The Morgan fingerprint density at radius 2 is 0.465 bits per heavy atom. The maximum Gasteiger partial charge on any atom is 0.260 e. The minimum absolute atomic E-state index is 0.0344. The monoisotopic (exact) mass is 1260 g/mol. The molecule has 458 valence electrons. The highest BCUT2D eigenvalue weighted by Gasteiger charge is 2.45. The molecule has 99 heavy (non-hydrogen) atoms. The Hall–Kier alpha value is -12.7. The minimum Gasteiger partial charge on any atom is -0.458 e. The summed E-state index contributed by atoms with van der Waals surface area (Å²) in [6.07, 6.45) is 0. The first-order valence-corrected chi connectivity index (χ1v) is 33.9. The molecule has 17 aromatic rings. The summed E-state index contributed by atoms with van der Waals surface area (Å²) in [5.74, 6) is 10.9. The third kappa shape index (κ3) is 8.67. The van der Waals surface area contributed by atoms with Crippen LogP contribution in [0.4, 0.5) is 0 Å². The van der Waals surface area contributed by atoms with Crippen molar-refractivity contribution in [3.8, 4) is 91.2 Å². The van der Waals surface area contributed by atoms with Crippen LogP contribution in [0, 0.1) is 0 Å². The Morgan fingerprint density at radius 3 is 0.869 bits per heavy atom. The van der Waals surface area contributed by atoms with Gasteiger partial charge in [0, 0.05) is 38.3 Å². The molecule has 9 heteroatoms. The van der Waals surface area contributed by atoms with Crippen LogP contribution < -0.4 is 77.6 Å². The highest BCUT2D eigenvalue weighted by atomic mass is 16.5. The normalized spacial score (nSPS) is 13.1. The molecule has 6 nitrogen and oxygen atoms in total. The van der Waals surface area contributed by atoms with Gasteiger partial charge in [-0.25, -0.2) is 0 Å². The maximum absolute atomic E-state index is 6.86. The fourth-order valence-corrected chi connectivity index (χ4v) is 16.5. The Kier molecular flexibility index (Phi) is 12.3. The van der Waals surface area contributed by atoms with Gasteiger partial charge in [-0.1, -0.05) is 273 Å². The molecule has 0 atom stereocenters. The van der Waals surface area contributed by atoms with Gasteiger partial charge in [-0.2, -0.15) is 0 Å². The maximum atomic E-state index is 6.86. The molecule has 23 rings (SSSR count). The fourth-order valence-electron chi connectivity index (χ4n) is 16.5. The zero-order valence-electron chi connectivity index (χ0n) is 53.3. The van der Waals surface area contributed by atoms with Crippen LogP contribution in [0.3, 0.4) is 0 Å². The summed E-state index contributed by atoms with van der Waals surface area (Å²) in [6, 6.07) is 113. The van der Waals surface area contributed by atoms with Gasteiger partial charge in [0.05, 0.1) is 0 Å². The van der Waals surface area contributed by atoms with Gasteiger partial charge in [-0.05, 0) is 146 Å². The van der Waals surface area contributed by atoms with Crippen LogP contribution >= 0.6 is 0 Å². The lowest BCUT2D eigenvalue weighted by atomic mass is 9.34. The molecule has 0 aliphatic carbocycles. The van der Waals surface area contributed by atoms with Crippen LogP contribution in [0.25, 0.3) is 86.9 Å². The number of fused-ring (bicyclic) bond motifs is 20. The van der Waals surface area contributed by atoms with E-state index in [0.717, 1.165) is 118 Å². The Morgan fingerprint density at radius 1 is 0.172 bits per heavy atom. The standard InChI is InChI=1S/C38H23BO2.2C26H15BO2/c1-3-12-24(13-4-1)34-28-18-9-7-16-26(28)22-30-37(34)40-32-20-11-21-33-36(32)39(30)31-23-27-17-8-10-19-29(27)35(38(31)41-33)25-14-5-2-6-15-25;1-3-8-18-14-24-20(12-16(18)6-1)27-21-13-17-7-2-4-9-19(17)15-25(21)29-23-11-5-10-22(28-24)26(23)27;1-3-8-18-16(6-1)12-14-20-25(18)28-22-10-5-11-23-24(22)27(20)21-15-13-17-7-2-4-9-19(17)26(21)29-23/h1-23H;2*1-15H. The van der Waals surface area contributed by atoms with E-state index in [0.29, 0.717) is 0 Å². The smallest absolute Gasteiger partial charge is 0.260 e. The molecule has 0 unspecified atom stereocenters. The average Bonchev–Trinajstić information content (AvgIpc) is 0.724. The first-order chi connectivity index (χ1) is 49.1. The summed E-state index contributed by atoms with van der Waals surface area (Å²) >= 11 is 0. The second kappa shape index (κ2) is 21.9. The summed E-state index contributed by atoms with van der Waals surface area (Å²) in [6.45, 7) is 0.165. The highest BCUT2D eigenvalue weighted by molar-refractivity contribution is 7.00. The molecular weight excluding hydrogens is 1210 g/mol. The zero-order valence-corrected chi connectivity index (χ0v) is 53.3. The van der Waals surface area contributed by atoms with Crippen LogP contribution in [0.2, 0.25) is 0 Å². The van der Waals surface area contributed by atoms with E-state index >= 15 is 0 Å². The van der Waals surface area contributed by atoms with Crippen LogP contribution in [0.15, 0.2) is 322 Å². The Labute approximate surface area is 571 Å². The molecule has 0 radical (unpaired) electrons. The van der Waals surface area contributed by atoms with Crippen LogP contribution in [0.5, 0.6) is 69.0 Å². The van der Waals surface area contributed by atoms with Crippen molar-refractivity contribution >= 4 is 134 Å². The first kappa shape index (κ1) is 55.6. The van der Waals surface area contributed by atoms with E-state index in [1.165, 1.54) is 86.6 Å². The van der Waals surface area contributed by atoms with Crippen molar-refractivity contribution < 1.29 is 28.4 Å². The van der Waals surface area contributed by atoms with Gasteiger partial charge in [-0.3, -0.25) is 0 Å². The number of hydrogen-bond donors (Lipinski definition) is 0. The second-order valence-electron chi connectivity index (χ2n) is 26.3. The number of ether oxygens (including phenoxy) is 6. The van der Waals surface area contributed by atoms with E-state index in [1.54, 1.807) is 0 Å². The van der Waals surface area contributed by atoms with Gasteiger partial charge in [0.25, 0.3) is 20.1 Å². The third-order valence-electron chi connectivity index (χ3n) is 20.9. The van der Waals surface area contributed by atoms with E-state index in [-0.39, 0.29) is 20.1 Å². The fraction of sp³-hybridized carbons (Fsp3) is 0. The molecule has 0 saturated heterocycles. The van der Waals surface area contributed by atoms with Gasteiger partial charge < -0.3 is 28.4 Å². The molecule has 6 aliphatic heterocycles. The second-order valence-corrected chi connectivity index (χ2v) is 26.3. The van der Waals surface area contributed by atoms with E-state index in [9.17, 15) is 0 Å². The summed E-state index contributed by atoms with van der Waals surface area (Å²) in [4.78, 5) is 0. The summed E-state index contributed by atoms with van der Waals surface area (Å²) in [7, 11) is 0. The van der Waals surface area contributed by atoms with Crippen LogP contribution in [0.1, 0.15) is 0 Å². The number of hydrogen-bond acceptors (Lipinski definition) is 6. The summed E-state index contributed by atoms with van der Waals surface area (Å²) in [5, 5.41) is 14.3. The number of benzene rings is 17. The predicted octanol–water partition coefficient (Wildman–Crippen LogP) is 17.5. The van der Waals surface area contributed by atoms with Crippen molar-refractivity contribution in [3.63, 3.8) is 0 Å². The molecule has 0 bridgehead atoms. The molecule has 17 aromatic carbocycles. The first-order valence-electron chi connectivity index (χ1n) is 33.9. The van der Waals surface area contributed by atoms with Crippen molar-refractivity contribution in [1.82, 2.24) is 0 Å². The van der Waals surface area contributed by atoms with Crippen molar-refractivity contribution in [3.05, 3.63) is 322 Å². The van der Waals surface area contributed by atoms with Gasteiger partial charge in [0.1, 0.15) is 69.0 Å². The van der Waals surface area contributed by atoms with Gasteiger partial charge in [-0.15, -0.1) is 0 Å². The van der Waals surface area contributed by atoms with Crippen molar-refractivity contribution in [1.29, 1.82) is 0 Å². The molecule has 0 N–H and O–H groups in total. The van der Waals surface area contributed by atoms with E-state index in [2.05, 4.69) is 279 Å². The lowest BCUT2D eigenvalue weighted by Gasteiger charge is -2.35. The molecule has 0 spiro atoms.